The number of pyridine rings is 1. The van der Waals surface area contributed by atoms with Gasteiger partial charge >= 0.3 is 0 Å². The second-order valence-electron chi connectivity index (χ2n) is 6.55. The number of hydrogen-bond acceptors (Lipinski definition) is 5. The van der Waals surface area contributed by atoms with Gasteiger partial charge in [-0.2, -0.15) is 0 Å². The Morgan fingerprint density at radius 2 is 2.20 bits per heavy atom. The Bertz CT molecular complexity index is 714. The van der Waals surface area contributed by atoms with E-state index in [0.717, 1.165) is 31.2 Å². The van der Waals surface area contributed by atoms with Crippen LogP contribution in [0.4, 0.5) is 0 Å². The van der Waals surface area contributed by atoms with E-state index in [1.54, 1.807) is 20.3 Å². The van der Waals surface area contributed by atoms with Crippen molar-refractivity contribution in [2.24, 2.45) is 0 Å². The van der Waals surface area contributed by atoms with Gasteiger partial charge in [-0.15, -0.1) is 0 Å². The molecule has 0 radical (unpaired) electrons. The molecule has 0 N–H and O–H groups in total. The zero-order chi connectivity index (χ0) is 17.8. The molecule has 3 rings (SSSR count). The Hall–Kier alpha value is -2.25. The molecule has 0 saturated carbocycles. The van der Waals surface area contributed by atoms with Gasteiger partial charge in [-0.05, 0) is 18.6 Å². The average Bonchev–Trinajstić information content (AvgIpc) is 3.02. The van der Waals surface area contributed by atoms with Crippen LogP contribution in [0.25, 0.3) is 0 Å². The van der Waals surface area contributed by atoms with Crippen molar-refractivity contribution in [1.29, 1.82) is 0 Å². The summed E-state index contributed by atoms with van der Waals surface area (Å²) in [4.78, 5) is 24.3. The highest BCUT2D eigenvalue weighted by atomic mass is 16.5. The minimum absolute atomic E-state index is 0.0330. The van der Waals surface area contributed by atoms with Crippen molar-refractivity contribution in [2.45, 2.75) is 32.7 Å². The predicted octanol–water partition coefficient (Wildman–Crippen LogP) is 1.46. The van der Waals surface area contributed by atoms with E-state index in [-0.39, 0.29) is 18.6 Å². The highest BCUT2D eigenvalue weighted by molar-refractivity contribution is 5.76. The SMILES string of the molecule is CC1c2ncc(COCC(=O)N(C)C)n2CCN1Cc1cccnc1. The Labute approximate surface area is 148 Å². The number of carbonyl (C=O) groups is 1. The third-order valence-corrected chi connectivity index (χ3v) is 4.58. The molecule has 0 aliphatic carbocycles. The fraction of sp³-hybridized carbons (Fsp3) is 0.500. The number of ether oxygens (including phenoxy) is 1. The molecule has 134 valence electrons. The molecule has 0 bridgehead atoms. The van der Waals surface area contributed by atoms with E-state index in [9.17, 15) is 4.79 Å². The van der Waals surface area contributed by atoms with Crippen LogP contribution in [0.3, 0.4) is 0 Å². The number of amides is 1. The standard InChI is InChI=1S/C18H25N5O2/c1-14-18-20-10-16(12-25-13-17(24)21(2)3)23(18)8-7-22(14)11-15-5-4-6-19-9-15/h4-6,9-10,14H,7-8,11-13H2,1-3H3. The van der Waals surface area contributed by atoms with Crippen molar-refractivity contribution in [3.8, 4) is 0 Å². The van der Waals surface area contributed by atoms with Gasteiger partial charge < -0.3 is 14.2 Å². The van der Waals surface area contributed by atoms with Gasteiger partial charge in [0.2, 0.25) is 5.91 Å². The number of carbonyl (C=O) groups excluding carboxylic acids is 1. The number of nitrogens with zero attached hydrogens (tertiary/aromatic N) is 5. The molecule has 7 heteroatoms. The molecule has 7 nitrogen and oxygen atoms in total. The summed E-state index contributed by atoms with van der Waals surface area (Å²) in [6.45, 7) is 5.36. The lowest BCUT2D eigenvalue weighted by Gasteiger charge is -2.34. The van der Waals surface area contributed by atoms with Crippen molar-refractivity contribution >= 4 is 5.91 Å². The van der Waals surface area contributed by atoms with E-state index in [1.165, 1.54) is 10.5 Å². The average molecular weight is 343 g/mol. The lowest BCUT2D eigenvalue weighted by Crippen LogP contribution is -2.37. The fourth-order valence-electron chi connectivity index (χ4n) is 3.03. The van der Waals surface area contributed by atoms with Gasteiger partial charge in [0, 0.05) is 46.1 Å². The van der Waals surface area contributed by atoms with E-state index >= 15 is 0 Å². The molecule has 0 aromatic carbocycles. The first kappa shape index (κ1) is 17.6. The molecular weight excluding hydrogens is 318 g/mol. The number of fused-ring (bicyclic) bond motifs is 1. The first-order valence-electron chi connectivity index (χ1n) is 8.51. The lowest BCUT2D eigenvalue weighted by molar-refractivity contribution is -0.134. The van der Waals surface area contributed by atoms with Crippen LogP contribution in [0.15, 0.2) is 30.7 Å². The van der Waals surface area contributed by atoms with Crippen LogP contribution in [-0.2, 0) is 29.2 Å². The van der Waals surface area contributed by atoms with Crippen LogP contribution in [0.2, 0.25) is 0 Å². The third-order valence-electron chi connectivity index (χ3n) is 4.58. The van der Waals surface area contributed by atoms with Crippen LogP contribution in [-0.4, -0.2) is 57.5 Å². The number of aromatic nitrogens is 3. The fourth-order valence-corrected chi connectivity index (χ4v) is 3.03. The van der Waals surface area contributed by atoms with E-state index in [4.69, 9.17) is 4.74 Å². The second-order valence-corrected chi connectivity index (χ2v) is 6.55. The summed E-state index contributed by atoms with van der Waals surface area (Å²) in [5.41, 5.74) is 2.23. The summed E-state index contributed by atoms with van der Waals surface area (Å²) in [7, 11) is 3.45. The van der Waals surface area contributed by atoms with Gasteiger partial charge in [0.15, 0.2) is 0 Å². The summed E-state index contributed by atoms with van der Waals surface area (Å²) >= 11 is 0. The first-order valence-corrected chi connectivity index (χ1v) is 8.51. The van der Waals surface area contributed by atoms with Crippen molar-refractivity contribution in [3.63, 3.8) is 0 Å². The molecule has 2 aromatic heterocycles. The zero-order valence-corrected chi connectivity index (χ0v) is 15.1. The molecule has 0 spiro atoms. The maximum absolute atomic E-state index is 11.6. The second kappa shape index (κ2) is 7.76. The normalized spacial score (nSPS) is 17.3. The number of imidazole rings is 1. The van der Waals surface area contributed by atoms with Crippen molar-refractivity contribution < 1.29 is 9.53 Å². The van der Waals surface area contributed by atoms with Gasteiger partial charge in [-0.25, -0.2) is 4.98 Å². The molecule has 2 aromatic rings. The lowest BCUT2D eigenvalue weighted by atomic mass is 10.1. The van der Waals surface area contributed by atoms with Crippen molar-refractivity contribution in [2.75, 3.05) is 27.2 Å². The molecule has 25 heavy (non-hydrogen) atoms. The van der Waals surface area contributed by atoms with E-state index in [0.29, 0.717) is 6.61 Å². The topological polar surface area (TPSA) is 63.5 Å². The van der Waals surface area contributed by atoms with Crippen molar-refractivity contribution in [1.82, 2.24) is 24.3 Å². The Balaban J connectivity index is 1.62. The zero-order valence-electron chi connectivity index (χ0n) is 15.1. The first-order chi connectivity index (χ1) is 12.1. The van der Waals surface area contributed by atoms with Crippen molar-refractivity contribution in [3.05, 3.63) is 47.8 Å². The Kier molecular flexibility index (Phi) is 5.45. The molecule has 1 amide bonds. The monoisotopic (exact) mass is 343 g/mol. The van der Waals surface area contributed by atoms with E-state index in [1.807, 2.05) is 18.5 Å². The maximum atomic E-state index is 11.6. The van der Waals surface area contributed by atoms with Crippen LogP contribution in [0, 0.1) is 0 Å². The minimum Gasteiger partial charge on any atom is -0.365 e. The maximum Gasteiger partial charge on any atom is 0.248 e. The summed E-state index contributed by atoms with van der Waals surface area (Å²) in [6.07, 6.45) is 5.57. The molecule has 1 unspecified atom stereocenters. The molecule has 1 atom stereocenters. The summed E-state index contributed by atoms with van der Waals surface area (Å²) < 4.78 is 7.76. The van der Waals surface area contributed by atoms with Gasteiger partial charge in [0.25, 0.3) is 0 Å². The largest absolute Gasteiger partial charge is 0.365 e. The Morgan fingerprint density at radius 1 is 1.36 bits per heavy atom. The van der Waals surface area contributed by atoms with Gasteiger partial charge in [-0.3, -0.25) is 14.7 Å². The van der Waals surface area contributed by atoms with Gasteiger partial charge in [-0.1, -0.05) is 6.07 Å². The highest BCUT2D eigenvalue weighted by Gasteiger charge is 2.27. The number of rotatable bonds is 6. The van der Waals surface area contributed by atoms with E-state index in [2.05, 4.69) is 32.4 Å². The smallest absolute Gasteiger partial charge is 0.248 e. The summed E-state index contributed by atoms with van der Waals surface area (Å²) in [6, 6.07) is 4.29. The molecule has 1 aliphatic rings. The molecule has 0 fully saturated rings. The van der Waals surface area contributed by atoms with Crippen LogP contribution in [0.5, 0.6) is 0 Å². The molecule has 1 aliphatic heterocycles. The van der Waals surface area contributed by atoms with Crippen LogP contribution in [0.1, 0.15) is 30.0 Å². The molecule has 0 saturated heterocycles. The summed E-state index contributed by atoms with van der Waals surface area (Å²) in [5.74, 6) is 1.02. The summed E-state index contributed by atoms with van der Waals surface area (Å²) in [5, 5.41) is 0. The molecule has 3 heterocycles. The van der Waals surface area contributed by atoms with Gasteiger partial charge in [0.1, 0.15) is 12.4 Å². The van der Waals surface area contributed by atoms with Crippen LogP contribution < -0.4 is 0 Å². The Morgan fingerprint density at radius 3 is 2.92 bits per heavy atom. The highest BCUT2D eigenvalue weighted by Crippen LogP contribution is 2.26. The number of hydrogen-bond donors (Lipinski definition) is 0. The quantitative estimate of drug-likeness (QED) is 0.795. The third kappa shape index (κ3) is 4.05. The van der Waals surface area contributed by atoms with Crippen LogP contribution >= 0.6 is 0 Å². The van der Waals surface area contributed by atoms with Gasteiger partial charge in [0.05, 0.1) is 24.5 Å². The number of likely N-dealkylation sites (N-methyl/N-ethyl adjacent to an activating group) is 1. The minimum atomic E-state index is -0.0330. The molecular formula is C18H25N5O2. The predicted molar refractivity (Wildman–Crippen MR) is 93.6 cm³/mol. The van der Waals surface area contributed by atoms with E-state index < -0.39 is 0 Å².